The van der Waals surface area contributed by atoms with Gasteiger partial charge in [-0.05, 0) is 18.6 Å². The molecule has 2 heterocycles. The first kappa shape index (κ1) is 20.4. The predicted octanol–water partition coefficient (Wildman–Crippen LogP) is 1.41. The molecule has 0 spiro atoms. The summed E-state index contributed by atoms with van der Waals surface area (Å²) < 4.78 is 5.47. The number of methoxy groups -OCH3 is 1. The number of carbonyl (C=O) groups excluding carboxylic acids is 1. The van der Waals surface area contributed by atoms with Crippen LogP contribution in [0.1, 0.15) is 21.7 Å². The maximum Gasteiger partial charge on any atom is 0.343 e. The van der Waals surface area contributed by atoms with Crippen molar-refractivity contribution in [3.63, 3.8) is 0 Å². The summed E-state index contributed by atoms with van der Waals surface area (Å²) in [5.41, 5.74) is 5.70. The van der Waals surface area contributed by atoms with Gasteiger partial charge in [-0.2, -0.15) is 15.0 Å². The van der Waals surface area contributed by atoms with E-state index in [-0.39, 0.29) is 24.3 Å². The molecule has 3 N–H and O–H groups in total. The lowest BCUT2D eigenvalue weighted by atomic mass is 10.2. The third-order valence-corrected chi connectivity index (χ3v) is 4.09. The second-order valence-electron chi connectivity index (χ2n) is 6.17. The van der Waals surface area contributed by atoms with Crippen LogP contribution in [0.4, 0.5) is 23.3 Å². The summed E-state index contributed by atoms with van der Waals surface area (Å²) in [6.45, 7) is 1.62. The van der Waals surface area contributed by atoms with Gasteiger partial charge in [0.25, 0.3) is 11.2 Å². The van der Waals surface area contributed by atoms with Crippen LogP contribution in [-0.4, -0.2) is 37.5 Å². The van der Waals surface area contributed by atoms with Gasteiger partial charge in [-0.1, -0.05) is 18.2 Å². The highest BCUT2D eigenvalue weighted by atomic mass is 16.6. The number of pyridine rings is 1. The van der Waals surface area contributed by atoms with Gasteiger partial charge in [-0.3, -0.25) is 14.9 Å². The number of rotatable bonds is 6. The van der Waals surface area contributed by atoms with Crippen LogP contribution in [0, 0.1) is 17.0 Å². The van der Waals surface area contributed by atoms with Crippen LogP contribution >= 0.6 is 0 Å². The number of para-hydroxylation sites is 1. The molecule has 0 aliphatic carbocycles. The highest BCUT2D eigenvalue weighted by Crippen LogP contribution is 2.18. The summed E-state index contributed by atoms with van der Waals surface area (Å²) in [5, 5.41) is 14.2. The number of carbonyl (C=O) groups is 1. The Bertz CT molecular complexity index is 1190. The molecule has 3 aromatic rings. The Balaban J connectivity index is 2.00. The molecule has 2 aromatic heterocycles. The van der Waals surface area contributed by atoms with E-state index >= 15 is 0 Å². The smallest absolute Gasteiger partial charge is 0.343 e. The Labute approximate surface area is 169 Å². The van der Waals surface area contributed by atoms with Gasteiger partial charge >= 0.3 is 5.97 Å². The van der Waals surface area contributed by atoms with Gasteiger partial charge in [0.15, 0.2) is 5.82 Å². The van der Waals surface area contributed by atoms with Gasteiger partial charge in [0.2, 0.25) is 11.9 Å². The minimum Gasteiger partial charge on any atom is -0.465 e. The highest BCUT2D eigenvalue weighted by molar-refractivity contribution is 5.89. The van der Waals surface area contributed by atoms with Gasteiger partial charge in [0.05, 0.1) is 24.8 Å². The van der Waals surface area contributed by atoms with Gasteiger partial charge in [-0.25, -0.2) is 4.79 Å². The number of ether oxygens (including phenoxy) is 1. The number of aromatic nitrogens is 4. The summed E-state index contributed by atoms with van der Waals surface area (Å²) in [7, 11) is 1.07. The molecule has 0 saturated carbocycles. The number of nitrogens with two attached hydrogens (primary N) is 1. The Morgan fingerprint density at radius 2 is 2.03 bits per heavy atom. The summed E-state index contributed by atoms with van der Waals surface area (Å²) in [4.78, 5) is 47.1. The number of anilines is 3. The molecule has 12 heteroatoms. The second kappa shape index (κ2) is 8.34. The zero-order valence-electron chi connectivity index (χ0n) is 16.0. The summed E-state index contributed by atoms with van der Waals surface area (Å²) in [5.74, 6) is -0.896. The number of nitrogen functional groups attached to an aromatic ring is 1. The van der Waals surface area contributed by atoms with Gasteiger partial charge in [0.1, 0.15) is 5.56 Å². The number of nitrogens with zero attached hydrogens (tertiary/aromatic N) is 5. The molecular formula is C18H17N7O5. The molecule has 154 valence electrons. The van der Waals surface area contributed by atoms with Crippen molar-refractivity contribution >= 4 is 29.2 Å². The topological polar surface area (TPSA) is 168 Å². The number of nitrogens with one attached hydrogen (secondary N) is 1. The van der Waals surface area contributed by atoms with E-state index < -0.39 is 27.7 Å². The molecule has 0 fully saturated rings. The second-order valence-corrected chi connectivity index (χ2v) is 6.17. The molecule has 30 heavy (non-hydrogen) atoms. The van der Waals surface area contributed by atoms with Crippen molar-refractivity contribution < 1.29 is 14.5 Å². The normalized spacial score (nSPS) is 10.5. The van der Waals surface area contributed by atoms with E-state index in [1.807, 2.05) is 31.2 Å². The van der Waals surface area contributed by atoms with Gasteiger partial charge < -0.3 is 20.4 Å². The van der Waals surface area contributed by atoms with Crippen LogP contribution in [0.5, 0.6) is 0 Å². The van der Waals surface area contributed by atoms with Crippen LogP contribution in [-0.2, 0) is 11.3 Å². The molecule has 0 aliphatic heterocycles. The largest absolute Gasteiger partial charge is 0.465 e. The molecule has 0 saturated heterocycles. The van der Waals surface area contributed by atoms with E-state index in [2.05, 4.69) is 25.0 Å². The fourth-order valence-electron chi connectivity index (χ4n) is 2.64. The number of aryl methyl sites for hydroxylation is 1. The number of hydrogen-bond acceptors (Lipinski definition) is 10. The molecule has 3 rings (SSSR count). The SMILES string of the molecule is COC(=O)c1cc([N+](=O)[O-])cn(Cc2nc(N)nc(Nc3ccccc3C)n2)c1=O. The zero-order valence-corrected chi connectivity index (χ0v) is 16.0. The summed E-state index contributed by atoms with van der Waals surface area (Å²) >= 11 is 0. The average Bonchev–Trinajstić information content (AvgIpc) is 2.70. The monoisotopic (exact) mass is 411 g/mol. The van der Waals surface area contributed by atoms with Crippen molar-refractivity contribution in [2.75, 3.05) is 18.2 Å². The zero-order chi connectivity index (χ0) is 21.8. The minimum atomic E-state index is -0.991. The first-order chi connectivity index (χ1) is 14.3. The summed E-state index contributed by atoms with van der Waals surface area (Å²) in [6.07, 6.45) is 0.989. The molecule has 0 radical (unpaired) electrons. The van der Waals surface area contributed by atoms with Crippen molar-refractivity contribution in [1.29, 1.82) is 0 Å². The van der Waals surface area contributed by atoms with E-state index in [1.54, 1.807) is 0 Å². The first-order valence-corrected chi connectivity index (χ1v) is 8.58. The molecule has 1 aromatic carbocycles. The quantitative estimate of drug-likeness (QED) is 0.343. The third-order valence-electron chi connectivity index (χ3n) is 4.09. The fourth-order valence-corrected chi connectivity index (χ4v) is 2.64. The van der Waals surface area contributed by atoms with Crippen molar-refractivity contribution in [1.82, 2.24) is 19.5 Å². The lowest BCUT2D eigenvalue weighted by Crippen LogP contribution is -2.28. The highest BCUT2D eigenvalue weighted by Gasteiger charge is 2.20. The Morgan fingerprint density at radius 1 is 1.30 bits per heavy atom. The van der Waals surface area contributed by atoms with Gasteiger partial charge in [-0.15, -0.1) is 0 Å². The molecule has 0 bridgehead atoms. The molecule has 0 amide bonds. The first-order valence-electron chi connectivity index (χ1n) is 8.58. The van der Waals surface area contributed by atoms with E-state index in [1.165, 1.54) is 0 Å². The number of benzene rings is 1. The number of esters is 1. The van der Waals surface area contributed by atoms with Crippen molar-refractivity contribution in [2.24, 2.45) is 0 Å². The molecule has 0 aliphatic rings. The van der Waals surface area contributed by atoms with E-state index in [4.69, 9.17) is 5.73 Å². The fraction of sp³-hybridized carbons (Fsp3) is 0.167. The Hall–Kier alpha value is -4.35. The molecule has 0 atom stereocenters. The molecular weight excluding hydrogens is 394 g/mol. The molecule has 0 unspecified atom stereocenters. The minimum absolute atomic E-state index is 0.0667. The summed E-state index contributed by atoms with van der Waals surface area (Å²) in [6, 6.07) is 8.28. The number of hydrogen-bond donors (Lipinski definition) is 2. The van der Waals surface area contributed by atoms with Crippen LogP contribution in [0.2, 0.25) is 0 Å². The number of nitro groups is 1. The predicted molar refractivity (Wildman–Crippen MR) is 106 cm³/mol. The van der Waals surface area contributed by atoms with Crippen LogP contribution < -0.4 is 16.6 Å². The Kier molecular flexibility index (Phi) is 5.67. The van der Waals surface area contributed by atoms with E-state index in [0.717, 1.165) is 35.2 Å². The van der Waals surface area contributed by atoms with E-state index in [9.17, 15) is 19.7 Å². The van der Waals surface area contributed by atoms with Crippen LogP contribution in [0.15, 0.2) is 41.3 Å². The van der Waals surface area contributed by atoms with Crippen LogP contribution in [0.3, 0.4) is 0 Å². The van der Waals surface area contributed by atoms with Crippen molar-refractivity contribution in [3.05, 3.63) is 73.9 Å². The average molecular weight is 411 g/mol. The standard InChI is InChI=1S/C18H17N7O5/c1-10-5-3-4-6-13(10)20-18-22-14(21-17(19)23-18)9-24-8-11(25(28)29)7-12(15(24)26)16(27)30-2/h3-8H,9H2,1-2H3,(H3,19,20,21,22,23). The van der Waals surface area contributed by atoms with Crippen molar-refractivity contribution in [3.8, 4) is 0 Å². The van der Waals surface area contributed by atoms with Crippen LogP contribution in [0.25, 0.3) is 0 Å². The maximum atomic E-state index is 12.6. The molecule has 12 nitrogen and oxygen atoms in total. The third kappa shape index (κ3) is 4.38. The van der Waals surface area contributed by atoms with Crippen molar-refractivity contribution in [2.45, 2.75) is 13.5 Å². The lowest BCUT2D eigenvalue weighted by molar-refractivity contribution is -0.385. The van der Waals surface area contributed by atoms with E-state index in [0.29, 0.717) is 0 Å². The Morgan fingerprint density at radius 3 is 2.70 bits per heavy atom. The van der Waals surface area contributed by atoms with Gasteiger partial charge in [0, 0.05) is 11.8 Å². The lowest BCUT2D eigenvalue weighted by Gasteiger charge is -2.11. The maximum absolute atomic E-state index is 12.6.